The lowest BCUT2D eigenvalue weighted by atomic mass is 9.97. The Bertz CT molecular complexity index is 1250. The smallest absolute Gasteiger partial charge is 0.275 e. The maximum atomic E-state index is 13.1. The number of benzene rings is 2. The molecule has 1 aliphatic heterocycles. The Morgan fingerprint density at radius 3 is 2.51 bits per heavy atom. The molecule has 0 spiro atoms. The summed E-state index contributed by atoms with van der Waals surface area (Å²) in [5, 5.41) is 15.4. The molecule has 0 aliphatic carbocycles. The first-order valence-corrected chi connectivity index (χ1v) is 12.3. The highest BCUT2D eigenvalue weighted by atomic mass is 32.1. The Labute approximate surface area is 208 Å². The summed E-state index contributed by atoms with van der Waals surface area (Å²) in [6.07, 6.45) is 1.55. The van der Waals surface area contributed by atoms with Crippen LogP contribution in [0.2, 0.25) is 0 Å². The van der Waals surface area contributed by atoms with Crippen molar-refractivity contribution in [3.8, 4) is 17.2 Å². The predicted octanol–water partition coefficient (Wildman–Crippen LogP) is 4.75. The van der Waals surface area contributed by atoms with Crippen molar-refractivity contribution in [1.29, 1.82) is 0 Å². The van der Waals surface area contributed by atoms with Crippen molar-refractivity contribution < 1.29 is 24.2 Å². The van der Waals surface area contributed by atoms with Crippen LogP contribution in [0, 0.1) is 13.8 Å². The maximum Gasteiger partial charge on any atom is 0.275 e. The van der Waals surface area contributed by atoms with E-state index in [9.17, 15) is 14.7 Å². The second-order valence-corrected chi connectivity index (χ2v) is 9.43. The minimum absolute atomic E-state index is 0.0679. The number of phenolic OH excluding ortho intramolecular Hbond substituents is 1. The highest BCUT2D eigenvalue weighted by Gasteiger charge is 2.28. The fourth-order valence-corrected chi connectivity index (χ4v) is 5.15. The van der Waals surface area contributed by atoms with Gasteiger partial charge in [0.2, 0.25) is 0 Å². The van der Waals surface area contributed by atoms with Crippen molar-refractivity contribution in [1.82, 2.24) is 9.88 Å². The quantitative estimate of drug-likeness (QED) is 0.479. The van der Waals surface area contributed by atoms with Crippen molar-refractivity contribution in [2.45, 2.75) is 32.6 Å². The van der Waals surface area contributed by atoms with Crippen LogP contribution < -0.4 is 14.8 Å². The minimum Gasteiger partial charge on any atom is -0.508 e. The lowest BCUT2D eigenvalue weighted by Crippen LogP contribution is -2.38. The summed E-state index contributed by atoms with van der Waals surface area (Å²) in [4.78, 5) is 32.3. The normalized spacial score (nSPS) is 14.0. The third-order valence-electron chi connectivity index (χ3n) is 6.53. The number of phenols is 1. The SMILES string of the molecule is COc1ccc(C(=O)N2CCC(c3nc(C(=O)Nc4ccc(O)c(C)c4C)cs3)CC2)c(OC)c1. The first kappa shape index (κ1) is 24.5. The molecule has 2 heterocycles. The zero-order chi connectivity index (χ0) is 25.1. The summed E-state index contributed by atoms with van der Waals surface area (Å²) in [6.45, 7) is 4.87. The second kappa shape index (κ2) is 10.4. The van der Waals surface area contributed by atoms with E-state index in [2.05, 4.69) is 10.3 Å². The van der Waals surface area contributed by atoms with E-state index in [4.69, 9.17) is 9.47 Å². The molecule has 0 atom stereocenters. The molecule has 2 aromatic carbocycles. The van der Waals surface area contributed by atoms with E-state index < -0.39 is 0 Å². The van der Waals surface area contributed by atoms with Gasteiger partial charge in [-0.1, -0.05) is 0 Å². The molecule has 0 bridgehead atoms. The Kier molecular flexibility index (Phi) is 7.25. The van der Waals surface area contributed by atoms with Gasteiger partial charge in [-0.2, -0.15) is 0 Å². The van der Waals surface area contributed by atoms with Crippen LogP contribution in [0.4, 0.5) is 5.69 Å². The molecule has 2 N–H and O–H groups in total. The third kappa shape index (κ3) is 5.09. The van der Waals surface area contributed by atoms with Crippen LogP contribution in [-0.4, -0.2) is 54.1 Å². The van der Waals surface area contributed by atoms with Crippen molar-refractivity contribution in [3.63, 3.8) is 0 Å². The molecule has 4 rings (SSSR count). The number of aromatic hydroxyl groups is 1. The van der Waals surface area contributed by atoms with Gasteiger partial charge in [0.25, 0.3) is 11.8 Å². The zero-order valence-electron chi connectivity index (χ0n) is 20.3. The predicted molar refractivity (Wildman–Crippen MR) is 135 cm³/mol. The number of aromatic nitrogens is 1. The lowest BCUT2D eigenvalue weighted by Gasteiger charge is -2.31. The van der Waals surface area contributed by atoms with Gasteiger partial charge >= 0.3 is 0 Å². The number of methoxy groups -OCH3 is 2. The van der Waals surface area contributed by atoms with Crippen molar-refractivity contribution in [2.24, 2.45) is 0 Å². The number of nitrogens with zero attached hydrogens (tertiary/aromatic N) is 2. The summed E-state index contributed by atoms with van der Waals surface area (Å²) < 4.78 is 10.6. The largest absolute Gasteiger partial charge is 0.508 e. The summed E-state index contributed by atoms with van der Waals surface area (Å²) >= 11 is 1.47. The van der Waals surface area contributed by atoms with Gasteiger partial charge in [0.1, 0.15) is 22.9 Å². The third-order valence-corrected chi connectivity index (χ3v) is 7.54. The molecule has 1 aliphatic rings. The first-order valence-electron chi connectivity index (χ1n) is 11.4. The monoisotopic (exact) mass is 495 g/mol. The fourth-order valence-electron chi connectivity index (χ4n) is 4.18. The minimum atomic E-state index is -0.278. The van der Waals surface area contributed by atoms with Crippen molar-refractivity contribution in [2.75, 3.05) is 32.6 Å². The van der Waals surface area contributed by atoms with E-state index in [-0.39, 0.29) is 23.5 Å². The van der Waals surface area contributed by atoms with Gasteiger partial charge in [-0.25, -0.2) is 4.98 Å². The molecule has 35 heavy (non-hydrogen) atoms. The number of carbonyl (C=O) groups is 2. The second-order valence-electron chi connectivity index (χ2n) is 8.54. The van der Waals surface area contributed by atoms with Crippen LogP contribution in [0.3, 0.4) is 0 Å². The molecule has 9 heteroatoms. The van der Waals surface area contributed by atoms with E-state index in [1.54, 1.807) is 42.8 Å². The number of thiazole rings is 1. The molecular weight excluding hydrogens is 466 g/mol. The molecule has 3 aromatic rings. The van der Waals surface area contributed by atoms with Gasteiger partial charge in [-0.15, -0.1) is 11.3 Å². The maximum absolute atomic E-state index is 13.1. The van der Waals surface area contributed by atoms with E-state index in [0.717, 1.165) is 29.0 Å². The molecule has 1 aromatic heterocycles. The van der Waals surface area contributed by atoms with Crippen LogP contribution in [-0.2, 0) is 0 Å². The van der Waals surface area contributed by atoms with Gasteiger partial charge in [0.15, 0.2) is 0 Å². The number of carbonyl (C=O) groups excluding carboxylic acids is 2. The van der Waals surface area contributed by atoms with Gasteiger partial charge in [-0.05, 0) is 62.1 Å². The van der Waals surface area contributed by atoms with Crippen molar-refractivity contribution in [3.05, 3.63) is 63.1 Å². The summed E-state index contributed by atoms with van der Waals surface area (Å²) in [5.74, 6) is 1.18. The standard InChI is InChI=1S/C26H29N3O5S/c1-15-16(2)22(30)8-7-20(15)27-24(31)21-14-35-25(28-21)17-9-11-29(12-10-17)26(32)19-6-5-18(33-3)13-23(19)34-4/h5-8,13-14,17,30H,9-12H2,1-4H3,(H,27,31). The summed E-state index contributed by atoms with van der Waals surface area (Å²) in [6, 6.07) is 8.46. The molecule has 2 amide bonds. The number of rotatable bonds is 6. The van der Waals surface area contributed by atoms with Gasteiger partial charge < -0.3 is 24.8 Å². The Hall–Kier alpha value is -3.59. The van der Waals surface area contributed by atoms with E-state index in [1.807, 2.05) is 18.7 Å². The number of nitrogens with one attached hydrogen (secondary N) is 1. The molecule has 0 saturated carbocycles. The average molecular weight is 496 g/mol. The first-order chi connectivity index (χ1) is 16.8. The van der Waals surface area contributed by atoms with E-state index in [0.29, 0.717) is 41.5 Å². The molecule has 8 nitrogen and oxygen atoms in total. The van der Waals surface area contributed by atoms with Gasteiger partial charge in [0.05, 0.1) is 24.8 Å². The van der Waals surface area contributed by atoms with Gasteiger partial charge in [-0.3, -0.25) is 9.59 Å². The van der Waals surface area contributed by atoms with Gasteiger partial charge in [0, 0.05) is 36.1 Å². The number of likely N-dealkylation sites (tertiary alicyclic amines) is 1. The number of amides is 2. The topological polar surface area (TPSA) is 101 Å². The number of hydrogen-bond donors (Lipinski definition) is 2. The van der Waals surface area contributed by atoms with Crippen LogP contribution in [0.5, 0.6) is 17.2 Å². The Morgan fingerprint density at radius 2 is 1.83 bits per heavy atom. The highest BCUT2D eigenvalue weighted by Crippen LogP contribution is 2.33. The zero-order valence-corrected chi connectivity index (χ0v) is 21.1. The highest BCUT2D eigenvalue weighted by molar-refractivity contribution is 7.10. The molecule has 1 fully saturated rings. The molecule has 1 saturated heterocycles. The van der Waals surface area contributed by atoms with E-state index in [1.165, 1.54) is 18.4 Å². The average Bonchev–Trinajstić information content (AvgIpc) is 3.39. The van der Waals surface area contributed by atoms with Crippen molar-refractivity contribution >= 4 is 28.8 Å². The molecular formula is C26H29N3O5S. The summed E-state index contributed by atoms with van der Waals surface area (Å²) in [7, 11) is 3.11. The number of ether oxygens (including phenoxy) is 2. The molecule has 184 valence electrons. The number of hydrogen-bond acceptors (Lipinski definition) is 7. The van der Waals surface area contributed by atoms with Crippen LogP contribution >= 0.6 is 11.3 Å². The number of anilines is 1. The Morgan fingerprint density at radius 1 is 1.09 bits per heavy atom. The molecule has 0 radical (unpaired) electrons. The summed E-state index contributed by atoms with van der Waals surface area (Å²) in [5.41, 5.74) is 3.09. The van der Waals surface area contributed by atoms with Crippen LogP contribution in [0.1, 0.15) is 55.7 Å². The fraction of sp³-hybridized carbons (Fsp3) is 0.346. The lowest BCUT2D eigenvalue weighted by molar-refractivity contribution is 0.0709. The molecule has 0 unspecified atom stereocenters. The van der Waals surface area contributed by atoms with Crippen LogP contribution in [0.15, 0.2) is 35.7 Å². The van der Waals surface area contributed by atoms with E-state index >= 15 is 0 Å². The van der Waals surface area contributed by atoms with Crippen LogP contribution in [0.25, 0.3) is 0 Å². The Balaban J connectivity index is 1.38. The number of piperidine rings is 1.